The lowest BCUT2D eigenvalue weighted by atomic mass is 10.0. The smallest absolute Gasteiger partial charge is 0.125 e. The molecular formula is C15H12N2O. The third kappa shape index (κ3) is 1.66. The van der Waals surface area contributed by atoms with Gasteiger partial charge in [0.05, 0.1) is 5.69 Å². The van der Waals surface area contributed by atoms with E-state index in [4.69, 9.17) is 5.73 Å². The monoisotopic (exact) mass is 236 g/mol. The van der Waals surface area contributed by atoms with Crippen molar-refractivity contribution in [2.75, 3.05) is 5.73 Å². The lowest BCUT2D eigenvalue weighted by molar-refractivity contribution is 0.478. The van der Waals surface area contributed by atoms with E-state index in [-0.39, 0.29) is 5.75 Å². The summed E-state index contributed by atoms with van der Waals surface area (Å²) in [5.41, 5.74) is 7.10. The van der Waals surface area contributed by atoms with Crippen molar-refractivity contribution in [1.82, 2.24) is 4.98 Å². The summed E-state index contributed by atoms with van der Waals surface area (Å²) in [6.45, 7) is 0. The molecule has 2 aromatic carbocycles. The van der Waals surface area contributed by atoms with Gasteiger partial charge in [-0.25, -0.2) is 4.98 Å². The largest absolute Gasteiger partial charge is 0.507 e. The van der Waals surface area contributed by atoms with Gasteiger partial charge >= 0.3 is 0 Å². The topological polar surface area (TPSA) is 59.1 Å². The van der Waals surface area contributed by atoms with Crippen LogP contribution >= 0.6 is 0 Å². The number of phenolic OH excluding ortho intramolecular Hbond substituents is 1. The number of nitrogens with zero attached hydrogens (tertiary/aromatic N) is 1. The lowest BCUT2D eigenvalue weighted by Gasteiger charge is -2.09. The van der Waals surface area contributed by atoms with E-state index < -0.39 is 0 Å². The molecule has 0 saturated heterocycles. The van der Waals surface area contributed by atoms with Crippen molar-refractivity contribution in [2.45, 2.75) is 0 Å². The second-order valence-electron chi connectivity index (χ2n) is 4.13. The molecule has 0 radical (unpaired) electrons. The second kappa shape index (κ2) is 4.04. The summed E-state index contributed by atoms with van der Waals surface area (Å²) in [5, 5.41) is 12.1. The van der Waals surface area contributed by atoms with Crippen molar-refractivity contribution < 1.29 is 5.11 Å². The van der Waals surface area contributed by atoms with Gasteiger partial charge in [-0.05, 0) is 29.0 Å². The number of nitrogen functional groups attached to an aromatic ring is 1. The fourth-order valence-electron chi connectivity index (χ4n) is 2.12. The molecule has 0 aliphatic rings. The van der Waals surface area contributed by atoms with Gasteiger partial charge in [0.15, 0.2) is 0 Å². The first-order valence-electron chi connectivity index (χ1n) is 5.69. The molecule has 3 aromatic rings. The Balaban J connectivity index is 2.37. The van der Waals surface area contributed by atoms with Crippen LogP contribution in [0.2, 0.25) is 0 Å². The number of aromatic hydroxyl groups is 1. The fourth-order valence-corrected chi connectivity index (χ4v) is 2.12. The van der Waals surface area contributed by atoms with E-state index in [1.165, 1.54) is 0 Å². The first-order chi connectivity index (χ1) is 8.75. The highest BCUT2D eigenvalue weighted by Crippen LogP contribution is 2.35. The Hall–Kier alpha value is -2.55. The van der Waals surface area contributed by atoms with Crippen molar-refractivity contribution in [2.24, 2.45) is 0 Å². The molecule has 88 valence electrons. The van der Waals surface area contributed by atoms with Crippen LogP contribution in [-0.2, 0) is 0 Å². The van der Waals surface area contributed by atoms with E-state index in [1.54, 1.807) is 12.1 Å². The first kappa shape index (κ1) is 10.6. The highest BCUT2D eigenvalue weighted by Gasteiger charge is 2.10. The molecule has 3 N–H and O–H groups in total. The summed E-state index contributed by atoms with van der Waals surface area (Å²) in [4.78, 5) is 4.27. The number of fused-ring (bicyclic) bond motifs is 1. The maximum atomic E-state index is 10.1. The summed E-state index contributed by atoms with van der Waals surface area (Å²) in [7, 11) is 0. The Bertz CT molecular complexity index is 723. The summed E-state index contributed by atoms with van der Waals surface area (Å²) in [5.74, 6) is 0.659. The third-order valence-corrected chi connectivity index (χ3v) is 2.93. The quantitative estimate of drug-likeness (QED) is 0.682. The molecule has 0 saturated carbocycles. The number of anilines is 1. The molecule has 3 rings (SSSR count). The average molecular weight is 236 g/mol. The zero-order valence-corrected chi connectivity index (χ0v) is 9.67. The normalized spacial score (nSPS) is 10.7. The number of hydrogen-bond acceptors (Lipinski definition) is 3. The first-order valence-corrected chi connectivity index (χ1v) is 5.69. The highest BCUT2D eigenvalue weighted by molar-refractivity contribution is 5.98. The standard InChI is InChI=1S/C15H12N2O/c16-14-7-3-6-12(17-14)15-11-5-2-1-4-10(11)8-9-13(15)18/h1-9,18H,(H2,16,17). The minimum absolute atomic E-state index is 0.215. The van der Waals surface area contributed by atoms with Crippen LogP contribution in [0.4, 0.5) is 5.82 Å². The Morgan fingerprint density at radius 2 is 1.72 bits per heavy atom. The SMILES string of the molecule is Nc1cccc(-c2c(O)ccc3ccccc23)n1. The molecular weight excluding hydrogens is 224 g/mol. The van der Waals surface area contributed by atoms with Gasteiger partial charge in [0, 0.05) is 5.56 Å². The van der Waals surface area contributed by atoms with Crippen LogP contribution in [0.3, 0.4) is 0 Å². The summed E-state index contributed by atoms with van der Waals surface area (Å²) >= 11 is 0. The molecule has 3 nitrogen and oxygen atoms in total. The molecule has 0 aliphatic carbocycles. The van der Waals surface area contributed by atoms with E-state index in [2.05, 4.69) is 4.98 Å². The zero-order valence-electron chi connectivity index (χ0n) is 9.67. The van der Waals surface area contributed by atoms with E-state index in [0.717, 1.165) is 16.3 Å². The second-order valence-corrected chi connectivity index (χ2v) is 4.13. The molecule has 0 fully saturated rings. The van der Waals surface area contributed by atoms with Crippen molar-refractivity contribution in [3.8, 4) is 17.0 Å². The Kier molecular flexibility index (Phi) is 2.38. The minimum Gasteiger partial charge on any atom is -0.507 e. The van der Waals surface area contributed by atoms with Gasteiger partial charge in [0.25, 0.3) is 0 Å². The summed E-state index contributed by atoms with van der Waals surface area (Å²) in [6, 6.07) is 16.9. The maximum Gasteiger partial charge on any atom is 0.125 e. The van der Waals surface area contributed by atoms with Gasteiger partial charge in [-0.15, -0.1) is 0 Å². The fraction of sp³-hybridized carbons (Fsp3) is 0. The van der Waals surface area contributed by atoms with E-state index in [1.807, 2.05) is 42.5 Å². The van der Waals surface area contributed by atoms with Gasteiger partial charge in [-0.2, -0.15) is 0 Å². The molecule has 18 heavy (non-hydrogen) atoms. The molecule has 0 unspecified atom stereocenters. The molecule has 0 bridgehead atoms. The lowest BCUT2D eigenvalue weighted by Crippen LogP contribution is -1.92. The Morgan fingerprint density at radius 1 is 0.889 bits per heavy atom. The summed E-state index contributed by atoms with van der Waals surface area (Å²) in [6.07, 6.45) is 0. The number of pyridine rings is 1. The van der Waals surface area contributed by atoms with Crippen LogP contribution in [-0.4, -0.2) is 10.1 Å². The number of benzene rings is 2. The average Bonchev–Trinajstić information content (AvgIpc) is 2.38. The molecule has 0 spiro atoms. The van der Waals surface area contributed by atoms with Gasteiger partial charge in [-0.1, -0.05) is 36.4 Å². The minimum atomic E-state index is 0.215. The Labute approximate surface area is 105 Å². The van der Waals surface area contributed by atoms with Crippen LogP contribution in [0.1, 0.15) is 0 Å². The van der Waals surface area contributed by atoms with E-state index in [9.17, 15) is 5.11 Å². The van der Waals surface area contributed by atoms with E-state index in [0.29, 0.717) is 11.5 Å². The molecule has 1 aromatic heterocycles. The number of phenols is 1. The summed E-state index contributed by atoms with van der Waals surface area (Å²) < 4.78 is 0. The van der Waals surface area contributed by atoms with Gasteiger partial charge in [-0.3, -0.25) is 0 Å². The Morgan fingerprint density at radius 3 is 2.56 bits per heavy atom. The highest BCUT2D eigenvalue weighted by atomic mass is 16.3. The third-order valence-electron chi connectivity index (χ3n) is 2.93. The van der Waals surface area contributed by atoms with Crippen LogP contribution in [0, 0.1) is 0 Å². The molecule has 0 atom stereocenters. The maximum absolute atomic E-state index is 10.1. The van der Waals surface area contributed by atoms with Crippen LogP contribution < -0.4 is 5.73 Å². The van der Waals surface area contributed by atoms with Gasteiger partial charge in [0.2, 0.25) is 0 Å². The van der Waals surface area contributed by atoms with Crippen molar-refractivity contribution in [3.05, 3.63) is 54.6 Å². The molecule has 0 aliphatic heterocycles. The number of hydrogen-bond donors (Lipinski definition) is 2. The van der Waals surface area contributed by atoms with Gasteiger partial charge in [0.1, 0.15) is 11.6 Å². The van der Waals surface area contributed by atoms with E-state index >= 15 is 0 Å². The predicted octanol–water partition coefficient (Wildman–Crippen LogP) is 3.19. The van der Waals surface area contributed by atoms with Gasteiger partial charge < -0.3 is 10.8 Å². The van der Waals surface area contributed by atoms with Crippen molar-refractivity contribution >= 4 is 16.6 Å². The molecule has 1 heterocycles. The molecule has 0 amide bonds. The van der Waals surface area contributed by atoms with Crippen LogP contribution in [0.15, 0.2) is 54.6 Å². The number of rotatable bonds is 1. The van der Waals surface area contributed by atoms with Crippen molar-refractivity contribution in [1.29, 1.82) is 0 Å². The molecule has 3 heteroatoms. The van der Waals surface area contributed by atoms with Crippen LogP contribution in [0.5, 0.6) is 5.75 Å². The predicted molar refractivity (Wildman–Crippen MR) is 73.3 cm³/mol. The number of nitrogens with two attached hydrogens (primary N) is 1. The number of aromatic nitrogens is 1. The van der Waals surface area contributed by atoms with Crippen LogP contribution in [0.25, 0.3) is 22.0 Å². The zero-order chi connectivity index (χ0) is 12.5. The van der Waals surface area contributed by atoms with Crippen molar-refractivity contribution in [3.63, 3.8) is 0 Å².